The van der Waals surface area contributed by atoms with Crippen molar-refractivity contribution in [3.05, 3.63) is 52.9 Å². The van der Waals surface area contributed by atoms with Gasteiger partial charge in [0.25, 0.3) is 0 Å². The van der Waals surface area contributed by atoms with Gasteiger partial charge in [0, 0.05) is 40.0 Å². The number of ether oxygens (including phenoxy) is 6. The lowest BCUT2D eigenvalue weighted by Gasteiger charge is -2.43. The molecule has 5 atom stereocenters. The van der Waals surface area contributed by atoms with Gasteiger partial charge >= 0.3 is 17.9 Å². The monoisotopic (exact) mass is 572 g/mol. The summed E-state index contributed by atoms with van der Waals surface area (Å²) in [5.41, 5.74) is 0.170. The van der Waals surface area contributed by atoms with E-state index < -0.39 is 59.8 Å². The Kier molecular flexibility index (Phi) is 8.79. The molecular weight excluding hydrogens is 544 g/mol. The Bertz CT molecular complexity index is 1490. The average molecular weight is 573 g/mol. The third-order valence-electron chi connectivity index (χ3n) is 6.15. The van der Waals surface area contributed by atoms with Crippen LogP contribution in [0.4, 0.5) is 0 Å². The number of benzene rings is 2. The number of rotatable bonds is 8. The van der Waals surface area contributed by atoms with Crippen molar-refractivity contribution < 1.29 is 57.4 Å². The molecule has 1 fully saturated rings. The molecule has 2 heterocycles. The average Bonchev–Trinajstić information content (AvgIpc) is 2.90. The summed E-state index contributed by atoms with van der Waals surface area (Å²) in [5.74, 6) is -2.50. The van der Waals surface area contributed by atoms with Gasteiger partial charge in [-0.2, -0.15) is 0 Å². The summed E-state index contributed by atoms with van der Waals surface area (Å²) >= 11 is 0. The van der Waals surface area contributed by atoms with Crippen molar-refractivity contribution in [3.8, 4) is 28.4 Å². The molecule has 218 valence electrons. The van der Waals surface area contributed by atoms with Gasteiger partial charge in [0.05, 0.1) is 5.56 Å². The van der Waals surface area contributed by atoms with Gasteiger partial charge in [-0.05, 0) is 17.7 Å². The van der Waals surface area contributed by atoms with Gasteiger partial charge in [-0.1, -0.05) is 12.1 Å². The highest BCUT2D eigenvalue weighted by molar-refractivity contribution is 5.88. The fourth-order valence-corrected chi connectivity index (χ4v) is 4.49. The van der Waals surface area contributed by atoms with E-state index in [0.29, 0.717) is 5.56 Å². The van der Waals surface area contributed by atoms with Gasteiger partial charge in [0.1, 0.15) is 47.2 Å². The smallest absolute Gasteiger partial charge is 0.303 e. The minimum atomic E-state index is -1.30. The van der Waals surface area contributed by atoms with Gasteiger partial charge in [0.15, 0.2) is 24.6 Å². The highest BCUT2D eigenvalue weighted by atomic mass is 16.7. The van der Waals surface area contributed by atoms with Crippen LogP contribution in [-0.4, -0.2) is 72.5 Å². The largest absolute Gasteiger partial charge is 0.508 e. The number of esters is 3. The molecule has 1 aliphatic rings. The predicted molar refractivity (Wildman–Crippen MR) is 139 cm³/mol. The molecule has 4 rings (SSSR count). The van der Waals surface area contributed by atoms with E-state index in [1.807, 2.05) is 0 Å². The fourth-order valence-electron chi connectivity index (χ4n) is 4.49. The first-order valence-electron chi connectivity index (χ1n) is 12.4. The van der Waals surface area contributed by atoms with Crippen molar-refractivity contribution in [3.63, 3.8) is 0 Å². The lowest BCUT2D eigenvalue weighted by atomic mass is 9.98. The van der Waals surface area contributed by atoms with E-state index >= 15 is 0 Å². The van der Waals surface area contributed by atoms with E-state index in [-0.39, 0.29) is 34.6 Å². The molecule has 41 heavy (non-hydrogen) atoms. The predicted octanol–water partition coefficient (Wildman–Crippen LogP) is 2.42. The van der Waals surface area contributed by atoms with Gasteiger partial charge in [-0.3, -0.25) is 19.2 Å². The number of hydrogen-bond acceptors (Lipinski definition) is 13. The summed E-state index contributed by atoms with van der Waals surface area (Å²) in [7, 11) is 1.28. The van der Waals surface area contributed by atoms with Crippen molar-refractivity contribution in [2.75, 3.05) is 13.7 Å². The number of carbonyl (C=O) groups is 3. The number of aromatic hydroxyl groups is 2. The second kappa shape index (κ2) is 12.3. The van der Waals surface area contributed by atoms with Crippen LogP contribution in [0.1, 0.15) is 20.8 Å². The first-order chi connectivity index (χ1) is 19.5. The number of carbonyl (C=O) groups excluding carboxylic acids is 3. The Hall–Kier alpha value is -4.62. The van der Waals surface area contributed by atoms with E-state index in [4.69, 9.17) is 32.8 Å². The van der Waals surface area contributed by atoms with E-state index in [2.05, 4.69) is 0 Å². The summed E-state index contributed by atoms with van der Waals surface area (Å²) in [5, 5.41) is 20.1. The Morgan fingerprint density at radius 2 is 1.49 bits per heavy atom. The zero-order valence-corrected chi connectivity index (χ0v) is 22.5. The molecule has 0 unspecified atom stereocenters. The first kappa shape index (κ1) is 29.4. The Morgan fingerprint density at radius 3 is 2.10 bits per heavy atom. The van der Waals surface area contributed by atoms with Crippen LogP contribution in [0, 0.1) is 0 Å². The van der Waals surface area contributed by atoms with Gasteiger partial charge in [0.2, 0.25) is 5.43 Å². The highest BCUT2D eigenvalue weighted by Gasteiger charge is 2.52. The van der Waals surface area contributed by atoms with Crippen LogP contribution in [0.25, 0.3) is 22.1 Å². The van der Waals surface area contributed by atoms with Crippen molar-refractivity contribution in [2.24, 2.45) is 0 Å². The molecule has 1 aliphatic heterocycles. The third-order valence-corrected chi connectivity index (χ3v) is 6.15. The molecular formula is C28H28O13. The lowest BCUT2D eigenvalue weighted by molar-refractivity contribution is -0.301. The lowest BCUT2D eigenvalue weighted by Crippen LogP contribution is -2.62. The summed E-state index contributed by atoms with van der Waals surface area (Å²) in [6, 6.07) is 8.48. The molecule has 13 nitrogen and oxygen atoms in total. The second-order valence-electron chi connectivity index (χ2n) is 9.15. The number of fused-ring (bicyclic) bond motifs is 1. The molecule has 0 radical (unpaired) electrons. The minimum Gasteiger partial charge on any atom is -0.508 e. The van der Waals surface area contributed by atoms with Gasteiger partial charge in [-0.25, -0.2) is 0 Å². The molecule has 3 aromatic rings. The Labute approximate surface area is 233 Å². The topological polar surface area (TPSA) is 177 Å². The molecule has 0 aliphatic carbocycles. The standard InChI is InChI=1S/C28H28O13/c1-13(29)38-25-22(41-28(35-4)27(40-15(3)31)26(25)39-14(2)30)12-36-18-9-20(33)23-21(10-18)37-11-19(24(23)34)16-5-7-17(32)8-6-16/h5-11,22,25-28,32-33H,12H2,1-4H3/t22-,25-,26+,27-,28+/m1/s1. The molecule has 1 saturated heterocycles. The second-order valence-corrected chi connectivity index (χ2v) is 9.15. The summed E-state index contributed by atoms with van der Waals surface area (Å²) in [6.07, 6.45) is -4.92. The maximum Gasteiger partial charge on any atom is 0.303 e. The number of phenolic OH excluding ortho intramolecular Hbond substituents is 2. The first-order valence-corrected chi connectivity index (χ1v) is 12.4. The summed E-state index contributed by atoms with van der Waals surface area (Å²) in [4.78, 5) is 48.7. The van der Waals surface area contributed by atoms with E-state index in [1.54, 1.807) is 0 Å². The van der Waals surface area contributed by atoms with Crippen molar-refractivity contribution in [1.29, 1.82) is 0 Å². The molecule has 13 heteroatoms. The molecule has 0 bridgehead atoms. The summed E-state index contributed by atoms with van der Waals surface area (Å²) < 4.78 is 38.6. The van der Waals surface area contributed by atoms with Crippen LogP contribution in [0.2, 0.25) is 0 Å². The van der Waals surface area contributed by atoms with Crippen LogP contribution < -0.4 is 10.2 Å². The quantitative estimate of drug-likeness (QED) is 0.297. The van der Waals surface area contributed by atoms with E-state index in [1.165, 1.54) is 49.8 Å². The number of hydrogen-bond donors (Lipinski definition) is 2. The van der Waals surface area contributed by atoms with Crippen LogP contribution in [-0.2, 0) is 38.1 Å². The van der Waals surface area contributed by atoms with Gasteiger partial charge < -0.3 is 43.1 Å². The van der Waals surface area contributed by atoms with Crippen LogP contribution in [0.5, 0.6) is 17.2 Å². The maximum absolute atomic E-state index is 13.1. The van der Waals surface area contributed by atoms with Gasteiger partial charge in [-0.15, -0.1) is 0 Å². The Balaban J connectivity index is 1.63. The SMILES string of the molecule is CO[C@H]1O[C@H](COc2cc(O)c3c(=O)c(-c4ccc(O)cc4)coc3c2)[C@@H](OC(C)=O)[C@H](OC(C)=O)[C@H]1OC(C)=O. The third kappa shape index (κ3) is 6.58. The molecule has 0 spiro atoms. The number of phenols is 2. The highest BCUT2D eigenvalue weighted by Crippen LogP contribution is 2.33. The molecule has 1 aromatic heterocycles. The fraction of sp³-hybridized carbons (Fsp3) is 0.357. The molecule has 2 aromatic carbocycles. The molecule has 0 saturated carbocycles. The summed E-state index contributed by atoms with van der Waals surface area (Å²) in [6.45, 7) is 3.11. The van der Waals surface area contributed by atoms with Crippen LogP contribution in [0.15, 0.2) is 51.9 Å². The van der Waals surface area contributed by atoms with E-state index in [9.17, 15) is 29.4 Å². The zero-order valence-electron chi connectivity index (χ0n) is 22.5. The molecule has 0 amide bonds. The number of methoxy groups -OCH3 is 1. The van der Waals surface area contributed by atoms with Crippen molar-refractivity contribution in [2.45, 2.75) is 51.5 Å². The van der Waals surface area contributed by atoms with E-state index in [0.717, 1.165) is 20.8 Å². The van der Waals surface area contributed by atoms with Crippen molar-refractivity contribution in [1.82, 2.24) is 0 Å². The van der Waals surface area contributed by atoms with Crippen LogP contribution in [0.3, 0.4) is 0 Å². The minimum absolute atomic E-state index is 0.0242. The Morgan fingerprint density at radius 1 is 0.878 bits per heavy atom. The molecule has 2 N–H and O–H groups in total. The maximum atomic E-state index is 13.1. The van der Waals surface area contributed by atoms with Crippen molar-refractivity contribution >= 4 is 28.9 Å². The normalized spacial score (nSPS) is 22.1. The zero-order chi connectivity index (χ0) is 29.8. The van der Waals surface area contributed by atoms with Crippen LogP contribution >= 0.6 is 0 Å².